The van der Waals surface area contributed by atoms with E-state index in [1.54, 1.807) is 30.5 Å². The van der Waals surface area contributed by atoms with Crippen LogP contribution in [0.4, 0.5) is 17.6 Å². The third kappa shape index (κ3) is 3.96. The zero-order valence-electron chi connectivity index (χ0n) is 17.5. The van der Waals surface area contributed by atoms with Crippen molar-refractivity contribution in [2.75, 3.05) is 0 Å². The van der Waals surface area contributed by atoms with Crippen molar-refractivity contribution < 1.29 is 22.4 Å². The largest absolute Gasteiger partial charge is 0.434 e. The molecule has 0 radical (unpaired) electrons. The van der Waals surface area contributed by atoms with Crippen LogP contribution in [-0.4, -0.2) is 37.8 Å². The molecular formula is C24H20F4N4O. The fraction of sp³-hybridized carbons (Fsp3) is 0.333. The molecule has 0 saturated carbocycles. The van der Waals surface area contributed by atoms with Crippen LogP contribution >= 0.6 is 0 Å². The number of carbonyl (C=O) groups is 1. The first-order valence-corrected chi connectivity index (χ1v) is 10.7. The first kappa shape index (κ1) is 21.5. The van der Waals surface area contributed by atoms with Crippen LogP contribution in [0.3, 0.4) is 0 Å². The summed E-state index contributed by atoms with van der Waals surface area (Å²) in [6, 6.07) is 9.50. The molecule has 33 heavy (non-hydrogen) atoms. The van der Waals surface area contributed by atoms with Crippen molar-refractivity contribution in [2.45, 2.75) is 43.9 Å². The van der Waals surface area contributed by atoms with E-state index in [0.717, 1.165) is 31.7 Å². The van der Waals surface area contributed by atoms with E-state index in [1.165, 1.54) is 12.1 Å². The molecule has 2 aliphatic heterocycles. The molecule has 1 amide bonds. The Morgan fingerprint density at radius 2 is 1.88 bits per heavy atom. The maximum atomic E-state index is 14.8. The van der Waals surface area contributed by atoms with Gasteiger partial charge in [0.15, 0.2) is 5.69 Å². The monoisotopic (exact) mass is 456 g/mol. The van der Waals surface area contributed by atoms with Crippen molar-refractivity contribution in [1.82, 2.24) is 19.9 Å². The quantitative estimate of drug-likeness (QED) is 0.523. The van der Waals surface area contributed by atoms with E-state index in [0.29, 0.717) is 17.8 Å². The summed E-state index contributed by atoms with van der Waals surface area (Å²) in [4.78, 5) is 27.1. The summed E-state index contributed by atoms with van der Waals surface area (Å²) in [7, 11) is 0. The molecule has 9 heteroatoms. The van der Waals surface area contributed by atoms with Crippen molar-refractivity contribution >= 4 is 5.91 Å². The molecule has 0 spiro atoms. The summed E-state index contributed by atoms with van der Waals surface area (Å²) in [5.74, 6) is -0.697. The molecular weight excluding hydrogens is 436 g/mol. The number of halogens is 4. The Labute approximate surface area is 187 Å². The summed E-state index contributed by atoms with van der Waals surface area (Å²) < 4.78 is 53.0. The second kappa shape index (κ2) is 8.20. The van der Waals surface area contributed by atoms with Gasteiger partial charge in [-0.25, -0.2) is 9.37 Å². The van der Waals surface area contributed by atoms with E-state index >= 15 is 0 Å². The molecule has 4 heterocycles. The fourth-order valence-electron chi connectivity index (χ4n) is 5.14. The van der Waals surface area contributed by atoms with Gasteiger partial charge in [0.05, 0.1) is 23.1 Å². The van der Waals surface area contributed by atoms with E-state index < -0.39 is 17.7 Å². The highest BCUT2D eigenvalue weighted by Crippen LogP contribution is 2.44. The SMILES string of the molecule is O=C(c1cccc(F)c1-c1ccccn1)N1C2CCC1C(Cc1cnc(C(F)(F)F)cn1)C2. The molecule has 2 bridgehead atoms. The second-order valence-corrected chi connectivity index (χ2v) is 8.48. The zero-order chi connectivity index (χ0) is 23.2. The third-order valence-corrected chi connectivity index (χ3v) is 6.53. The number of benzene rings is 1. The van der Waals surface area contributed by atoms with Gasteiger partial charge in [0, 0.05) is 30.0 Å². The van der Waals surface area contributed by atoms with Gasteiger partial charge >= 0.3 is 6.18 Å². The Bertz CT molecular complexity index is 1170. The van der Waals surface area contributed by atoms with Crippen LogP contribution < -0.4 is 0 Å². The number of carbonyl (C=O) groups excluding carboxylic acids is 1. The molecule has 2 aromatic heterocycles. The van der Waals surface area contributed by atoms with Crippen LogP contribution in [0.2, 0.25) is 0 Å². The number of hydrogen-bond acceptors (Lipinski definition) is 4. The lowest BCUT2D eigenvalue weighted by Gasteiger charge is -2.25. The number of amides is 1. The van der Waals surface area contributed by atoms with Crippen molar-refractivity contribution in [3.05, 3.63) is 77.8 Å². The smallest absolute Gasteiger partial charge is 0.332 e. The standard InChI is InChI=1S/C24H20F4N4O/c25-18-5-3-4-17(22(18)19-6-1-2-9-29-19)23(33)32-16-7-8-20(32)14(11-16)10-15-12-31-21(13-30-15)24(26,27)28/h1-6,9,12-14,16,20H,7-8,10-11H2. The van der Waals surface area contributed by atoms with Crippen LogP contribution in [0.25, 0.3) is 11.3 Å². The predicted octanol–water partition coefficient (Wildman–Crippen LogP) is 4.93. The van der Waals surface area contributed by atoms with E-state index in [9.17, 15) is 22.4 Å². The van der Waals surface area contributed by atoms with Crippen molar-refractivity contribution in [1.29, 1.82) is 0 Å². The minimum atomic E-state index is -4.53. The molecule has 170 valence electrons. The second-order valence-electron chi connectivity index (χ2n) is 8.48. The molecule has 2 fully saturated rings. The molecule has 3 aromatic rings. The lowest BCUT2D eigenvalue weighted by molar-refractivity contribution is -0.141. The van der Waals surface area contributed by atoms with Gasteiger partial charge < -0.3 is 4.90 Å². The number of hydrogen-bond donors (Lipinski definition) is 0. The van der Waals surface area contributed by atoms with Gasteiger partial charge in [-0.1, -0.05) is 12.1 Å². The topological polar surface area (TPSA) is 59.0 Å². The maximum absolute atomic E-state index is 14.8. The van der Waals surface area contributed by atoms with Gasteiger partial charge in [-0.2, -0.15) is 13.2 Å². The minimum absolute atomic E-state index is 0.00903. The Morgan fingerprint density at radius 3 is 2.58 bits per heavy atom. The van der Waals surface area contributed by atoms with Gasteiger partial charge in [0.1, 0.15) is 5.82 Å². The number of nitrogens with zero attached hydrogens (tertiary/aromatic N) is 4. The van der Waals surface area contributed by atoms with Gasteiger partial charge in [-0.3, -0.25) is 14.8 Å². The average Bonchev–Trinajstić information content (AvgIpc) is 3.36. The Morgan fingerprint density at radius 1 is 1.03 bits per heavy atom. The number of aromatic nitrogens is 3. The first-order chi connectivity index (χ1) is 15.8. The number of pyridine rings is 1. The summed E-state index contributed by atoms with van der Waals surface area (Å²) in [6.07, 6.45) is 1.74. The van der Waals surface area contributed by atoms with E-state index in [4.69, 9.17) is 0 Å². The molecule has 1 aromatic carbocycles. The number of alkyl halides is 3. The maximum Gasteiger partial charge on any atom is 0.434 e. The van der Waals surface area contributed by atoms with Gasteiger partial charge in [0.25, 0.3) is 5.91 Å². The van der Waals surface area contributed by atoms with Crippen molar-refractivity contribution in [3.8, 4) is 11.3 Å². The van der Waals surface area contributed by atoms with Gasteiger partial charge in [0.2, 0.25) is 0 Å². The Hall–Kier alpha value is -3.36. The summed E-state index contributed by atoms with van der Waals surface area (Å²) in [5.41, 5.74) is 0.277. The minimum Gasteiger partial charge on any atom is -0.332 e. The van der Waals surface area contributed by atoms with Crippen molar-refractivity contribution in [3.63, 3.8) is 0 Å². The van der Waals surface area contributed by atoms with Crippen LogP contribution in [0.1, 0.15) is 41.0 Å². The Kier molecular flexibility index (Phi) is 5.34. The van der Waals surface area contributed by atoms with E-state index in [1.807, 2.05) is 4.90 Å². The Balaban J connectivity index is 1.39. The normalized spacial score (nSPS) is 22.1. The van der Waals surface area contributed by atoms with E-state index in [2.05, 4.69) is 15.0 Å². The molecule has 0 aliphatic carbocycles. The van der Waals surface area contributed by atoms with E-state index in [-0.39, 0.29) is 35.0 Å². The highest BCUT2D eigenvalue weighted by atomic mass is 19.4. The predicted molar refractivity (Wildman–Crippen MR) is 111 cm³/mol. The van der Waals surface area contributed by atoms with Crippen molar-refractivity contribution in [2.24, 2.45) is 5.92 Å². The molecule has 0 N–H and O–H groups in total. The molecule has 3 unspecified atom stereocenters. The van der Waals surface area contributed by atoms with Crippen LogP contribution in [-0.2, 0) is 12.6 Å². The van der Waals surface area contributed by atoms with Crippen LogP contribution in [0.5, 0.6) is 0 Å². The van der Waals surface area contributed by atoms with Gasteiger partial charge in [-0.15, -0.1) is 0 Å². The summed E-state index contributed by atoms with van der Waals surface area (Å²) in [5, 5.41) is 0. The molecule has 5 nitrogen and oxygen atoms in total. The molecule has 5 rings (SSSR count). The van der Waals surface area contributed by atoms with Gasteiger partial charge in [-0.05, 0) is 55.9 Å². The highest BCUT2D eigenvalue weighted by Gasteiger charge is 2.49. The zero-order valence-corrected chi connectivity index (χ0v) is 17.5. The molecule has 2 saturated heterocycles. The third-order valence-electron chi connectivity index (χ3n) is 6.53. The average molecular weight is 456 g/mol. The number of fused-ring (bicyclic) bond motifs is 2. The fourth-order valence-corrected chi connectivity index (χ4v) is 5.14. The first-order valence-electron chi connectivity index (χ1n) is 10.7. The molecule has 2 aliphatic rings. The summed E-state index contributed by atoms with van der Waals surface area (Å²) in [6.45, 7) is 0. The number of rotatable bonds is 4. The summed E-state index contributed by atoms with van der Waals surface area (Å²) >= 11 is 0. The lowest BCUT2D eigenvalue weighted by Crippen LogP contribution is -2.37. The highest BCUT2D eigenvalue weighted by molar-refractivity contribution is 6.01. The lowest BCUT2D eigenvalue weighted by atomic mass is 9.86. The molecule has 3 atom stereocenters. The van der Waals surface area contributed by atoms with Crippen LogP contribution in [0, 0.1) is 11.7 Å². The van der Waals surface area contributed by atoms with Crippen LogP contribution in [0.15, 0.2) is 55.0 Å².